The molecule has 6 rings (SSSR count). The number of aromatic nitrogens is 4. The van der Waals surface area contributed by atoms with Crippen LogP contribution in [0.3, 0.4) is 0 Å². The maximum absolute atomic E-state index is 13.5. The monoisotopic (exact) mass is 593 g/mol. The number of nitrogens with zero attached hydrogens (tertiary/aromatic N) is 5. The minimum absolute atomic E-state index is 0.0596. The van der Waals surface area contributed by atoms with Gasteiger partial charge in [0.15, 0.2) is 9.84 Å². The molecular weight excluding hydrogens is 562 g/mol. The molecule has 1 aliphatic heterocycles. The highest BCUT2D eigenvalue weighted by Gasteiger charge is 2.22. The average Bonchev–Trinajstić information content (AvgIpc) is 3.67. The van der Waals surface area contributed by atoms with Gasteiger partial charge < -0.3 is 19.9 Å². The zero-order chi connectivity index (χ0) is 29.8. The third-order valence-electron chi connectivity index (χ3n) is 7.29. The van der Waals surface area contributed by atoms with E-state index in [0.717, 1.165) is 48.6 Å². The zero-order valence-electron chi connectivity index (χ0n) is 23.7. The molecule has 0 saturated carbocycles. The first-order valence-corrected chi connectivity index (χ1v) is 15.6. The lowest BCUT2D eigenvalue weighted by molar-refractivity contribution is 0.0950. The van der Waals surface area contributed by atoms with E-state index >= 15 is 0 Å². The average molecular weight is 594 g/mol. The highest BCUT2D eigenvalue weighted by molar-refractivity contribution is 7.90. The van der Waals surface area contributed by atoms with Crippen LogP contribution in [-0.4, -0.2) is 59.7 Å². The predicted molar refractivity (Wildman–Crippen MR) is 164 cm³/mol. The van der Waals surface area contributed by atoms with E-state index in [1.807, 2.05) is 53.2 Å². The summed E-state index contributed by atoms with van der Waals surface area (Å²) >= 11 is 0. The van der Waals surface area contributed by atoms with Gasteiger partial charge in [-0.1, -0.05) is 11.8 Å². The highest BCUT2D eigenvalue weighted by Crippen LogP contribution is 2.22. The molecule has 218 valence electrons. The number of benzene rings is 2. The number of hydrogen-bond donors (Lipinski definition) is 2. The van der Waals surface area contributed by atoms with Gasteiger partial charge >= 0.3 is 0 Å². The van der Waals surface area contributed by atoms with E-state index < -0.39 is 9.84 Å². The zero-order valence-corrected chi connectivity index (χ0v) is 24.5. The summed E-state index contributed by atoms with van der Waals surface area (Å²) in [6.07, 6.45) is 7.15. The third kappa shape index (κ3) is 6.61. The van der Waals surface area contributed by atoms with Crippen LogP contribution < -0.4 is 15.5 Å². The van der Waals surface area contributed by atoms with Gasteiger partial charge in [-0.25, -0.2) is 13.4 Å². The van der Waals surface area contributed by atoms with Gasteiger partial charge in [0.2, 0.25) is 0 Å². The van der Waals surface area contributed by atoms with E-state index in [0.29, 0.717) is 17.8 Å². The van der Waals surface area contributed by atoms with Gasteiger partial charge in [0.05, 0.1) is 16.3 Å². The van der Waals surface area contributed by atoms with Crippen molar-refractivity contribution >= 4 is 27.1 Å². The third-order valence-corrected chi connectivity index (χ3v) is 8.99. The lowest BCUT2D eigenvalue weighted by Gasteiger charge is -2.29. The number of carbonyl (C=O) groups excluding carboxylic acids is 1. The molecule has 2 aromatic carbocycles. The minimum Gasteiger partial charge on any atom is -0.369 e. The smallest absolute Gasteiger partial charge is 0.251 e. The van der Waals surface area contributed by atoms with Gasteiger partial charge in [-0.05, 0) is 66.2 Å². The summed E-state index contributed by atoms with van der Waals surface area (Å²) in [5.41, 5.74) is 4.55. The number of amides is 1. The molecule has 0 radical (unpaired) electrons. The first-order chi connectivity index (χ1) is 20.8. The summed E-state index contributed by atoms with van der Waals surface area (Å²) in [6, 6.07) is 17.9. The maximum atomic E-state index is 13.5. The molecule has 10 nitrogen and oxygen atoms in total. The molecule has 0 bridgehead atoms. The summed E-state index contributed by atoms with van der Waals surface area (Å²) < 4.78 is 30.5. The highest BCUT2D eigenvalue weighted by atomic mass is 32.2. The molecule has 0 spiro atoms. The molecule has 5 aromatic rings. The standard InChI is InChI=1S/C32H31N7O3S/c1-37-15-11-28(36-37)23-43(41,42)30-9-6-27(32(40)35-22-25-10-16-39-19-14-34-31(39)20-25)21-26(30)5-2-24-3-7-29(8-4-24)38-17-12-33-13-18-38/h3-4,6-11,14-16,19-21,33H,12-13,17-18,22-23H2,1H3,(H,35,40). The Labute approximate surface area is 250 Å². The van der Waals surface area contributed by atoms with Crippen molar-refractivity contribution < 1.29 is 13.2 Å². The number of carbonyl (C=O) groups is 1. The molecule has 11 heteroatoms. The molecule has 1 aliphatic rings. The normalized spacial score (nSPS) is 13.5. The Morgan fingerprint density at radius 3 is 2.56 bits per heavy atom. The summed E-state index contributed by atoms with van der Waals surface area (Å²) in [6.45, 7) is 4.06. The van der Waals surface area contributed by atoms with Crippen LogP contribution in [0.25, 0.3) is 5.65 Å². The van der Waals surface area contributed by atoms with E-state index in [4.69, 9.17) is 0 Å². The van der Waals surface area contributed by atoms with Gasteiger partial charge in [-0.15, -0.1) is 0 Å². The molecule has 0 aliphatic carbocycles. The van der Waals surface area contributed by atoms with E-state index in [-0.39, 0.29) is 22.1 Å². The van der Waals surface area contributed by atoms with Crippen molar-refractivity contribution in [2.45, 2.75) is 17.2 Å². The van der Waals surface area contributed by atoms with Crippen LogP contribution in [0.4, 0.5) is 5.69 Å². The molecule has 1 saturated heterocycles. The summed E-state index contributed by atoms with van der Waals surface area (Å²) in [7, 11) is -2.06. The molecular formula is C32H31N7O3S. The molecule has 1 amide bonds. The lowest BCUT2D eigenvalue weighted by atomic mass is 10.1. The Morgan fingerprint density at radius 1 is 0.977 bits per heavy atom. The first-order valence-electron chi connectivity index (χ1n) is 14.0. The van der Waals surface area contributed by atoms with Gasteiger partial charge in [-0.3, -0.25) is 9.48 Å². The Hall–Kier alpha value is -4.92. The number of pyridine rings is 1. The van der Waals surface area contributed by atoms with Crippen LogP contribution in [0.1, 0.15) is 32.7 Å². The van der Waals surface area contributed by atoms with Crippen molar-refractivity contribution in [1.82, 2.24) is 29.8 Å². The van der Waals surface area contributed by atoms with Gasteiger partial charge in [0.25, 0.3) is 5.91 Å². The SMILES string of the molecule is Cn1ccc(CS(=O)(=O)c2ccc(C(=O)NCc3ccn4ccnc4c3)cc2C#Cc2ccc(N3CCNCC3)cc2)n1. The van der Waals surface area contributed by atoms with Crippen molar-refractivity contribution in [3.63, 3.8) is 0 Å². The Balaban J connectivity index is 1.27. The predicted octanol–water partition coefficient (Wildman–Crippen LogP) is 2.78. The second-order valence-electron chi connectivity index (χ2n) is 10.4. The lowest BCUT2D eigenvalue weighted by Crippen LogP contribution is -2.43. The number of aryl methyl sites for hydroxylation is 1. The molecule has 4 heterocycles. The van der Waals surface area contributed by atoms with Crippen molar-refractivity contribution in [2.75, 3.05) is 31.1 Å². The van der Waals surface area contributed by atoms with Crippen molar-refractivity contribution in [2.24, 2.45) is 7.05 Å². The van der Waals surface area contributed by atoms with Crippen LogP contribution in [0, 0.1) is 11.8 Å². The van der Waals surface area contributed by atoms with Gasteiger partial charge in [0.1, 0.15) is 5.65 Å². The Morgan fingerprint density at radius 2 is 1.79 bits per heavy atom. The van der Waals surface area contributed by atoms with Crippen molar-refractivity contribution in [3.05, 3.63) is 113 Å². The second kappa shape index (κ2) is 12.1. The number of imidazole rings is 1. The van der Waals surface area contributed by atoms with Gasteiger partial charge in [0, 0.05) is 86.9 Å². The van der Waals surface area contributed by atoms with Crippen LogP contribution in [-0.2, 0) is 29.2 Å². The van der Waals surface area contributed by atoms with Crippen LogP contribution in [0.2, 0.25) is 0 Å². The number of hydrogen-bond acceptors (Lipinski definition) is 7. The van der Waals surface area contributed by atoms with Crippen LogP contribution in [0.15, 0.2) is 90.3 Å². The molecule has 0 unspecified atom stereocenters. The number of fused-ring (bicyclic) bond motifs is 1. The fraction of sp³-hybridized carbons (Fsp3) is 0.219. The molecule has 0 atom stereocenters. The largest absolute Gasteiger partial charge is 0.369 e. The maximum Gasteiger partial charge on any atom is 0.251 e. The van der Waals surface area contributed by atoms with Crippen molar-refractivity contribution in [3.8, 4) is 11.8 Å². The second-order valence-corrected chi connectivity index (χ2v) is 12.4. The fourth-order valence-electron chi connectivity index (χ4n) is 5.02. The molecule has 1 fully saturated rings. The van der Waals surface area contributed by atoms with E-state index in [9.17, 15) is 13.2 Å². The topological polar surface area (TPSA) is 114 Å². The number of rotatable bonds is 7. The first kappa shape index (κ1) is 28.2. The Bertz CT molecular complexity index is 1940. The summed E-state index contributed by atoms with van der Waals surface area (Å²) in [4.78, 5) is 19.8. The molecule has 3 aromatic heterocycles. The van der Waals surface area contributed by atoms with E-state index in [1.165, 1.54) is 12.1 Å². The minimum atomic E-state index is -3.80. The quantitative estimate of drug-likeness (QED) is 0.279. The number of sulfone groups is 1. The van der Waals surface area contributed by atoms with E-state index in [2.05, 4.69) is 37.5 Å². The van der Waals surface area contributed by atoms with Crippen molar-refractivity contribution in [1.29, 1.82) is 0 Å². The summed E-state index contributed by atoms with van der Waals surface area (Å²) in [5, 5.41) is 10.5. The molecule has 2 N–H and O–H groups in total. The van der Waals surface area contributed by atoms with Crippen LogP contribution in [0.5, 0.6) is 0 Å². The number of anilines is 1. The van der Waals surface area contributed by atoms with Gasteiger partial charge in [-0.2, -0.15) is 5.10 Å². The molecule has 43 heavy (non-hydrogen) atoms. The van der Waals surface area contributed by atoms with Crippen LogP contribution >= 0.6 is 0 Å². The van der Waals surface area contributed by atoms with E-state index in [1.54, 1.807) is 36.3 Å². The Kier molecular flexibility index (Phi) is 7.96. The number of nitrogens with one attached hydrogen (secondary N) is 2. The number of piperazine rings is 1. The summed E-state index contributed by atoms with van der Waals surface area (Å²) in [5.74, 6) is 5.54. The fourth-order valence-corrected chi connectivity index (χ4v) is 6.44.